The van der Waals surface area contributed by atoms with Crippen molar-refractivity contribution in [2.75, 3.05) is 58.5 Å². The summed E-state index contributed by atoms with van der Waals surface area (Å²) in [6.07, 6.45) is 0.242. The fourth-order valence-corrected chi connectivity index (χ4v) is 5.26. The van der Waals surface area contributed by atoms with E-state index < -0.39 is 6.10 Å². The van der Waals surface area contributed by atoms with E-state index in [0.717, 1.165) is 65.9 Å². The summed E-state index contributed by atoms with van der Waals surface area (Å²) in [6, 6.07) is 21.6. The average Bonchev–Trinajstić information content (AvgIpc) is 2.97. The summed E-state index contributed by atoms with van der Waals surface area (Å²) in [5.74, 6) is 3.02. The molecule has 2 aliphatic heterocycles. The minimum atomic E-state index is -0.551. The molecule has 0 saturated carbocycles. The molecule has 39 heavy (non-hydrogen) atoms. The van der Waals surface area contributed by atoms with Gasteiger partial charge in [0.25, 0.3) is 0 Å². The third-order valence-electron chi connectivity index (χ3n) is 7.30. The third-order valence-corrected chi connectivity index (χ3v) is 7.30. The van der Waals surface area contributed by atoms with Crippen molar-refractivity contribution >= 4 is 5.69 Å². The number of aliphatic hydroxyl groups excluding tert-OH is 1. The summed E-state index contributed by atoms with van der Waals surface area (Å²) in [4.78, 5) is 2.35. The lowest BCUT2D eigenvalue weighted by Gasteiger charge is -2.36. The second-order valence-electron chi connectivity index (χ2n) is 9.93. The maximum atomic E-state index is 10.9. The van der Waals surface area contributed by atoms with Crippen molar-refractivity contribution in [3.05, 3.63) is 77.9 Å². The number of β-amino-alcohol motifs (C(OH)–C–C–N with tert-alkyl or cyclic N) is 1. The van der Waals surface area contributed by atoms with Gasteiger partial charge in [-0.05, 0) is 66.1 Å². The molecular formula is C31H38N2O6. The Morgan fingerprint density at radius 3 is 2.44 bits per heavy atom. The van der Waals surface area contributed by atoms with Gasteiger partial charge in [-0.2, -0.15) is 0 Å². The molecule has 2 heterocycles. The molecular weight excluding hydrogens is 496 g/mol. The van der Waals surface area contributed by atoms with Gasteiger partial charge in [0.05, 0.1) is 38.2 Å². The molecule has 3 aromatic rings. The Balaban J connectivity index is 1.24. The van der Waals surface area contributed by atoms with E-state index in [1.54, 1.807) is 14.2 Å². The van der Waals surface area contributed by atoms with Crippen molar-refractivity contribution in [1.29, 1.82) is 0 Å². The van der Waals surface area contributed by atoms with Gasteiger partial charge in [-0.3, -0.25) is 0 Å². The predicted octanol–water partition coefficient (Wildman–Crippen LogP) is 4.36. The van der Waals surface area contributed by atoms with Crippen LogP contribution in [0.25, 0.3) is 0 Å². The number of rotatable bonds is 11. The summed E-state index contributed by atoms with van der Waals surface area (Å²) < 4.78 is 28.7. The van der Waals surface area contributed by atoms with Gasteiger partial charge in [0.2, 0.25) is 0 Å². The maximum Gasteiger partial charge on any atom is 0.142 e. The van der Waals surface area contributed by atoms with Gasteiger partial charge in [-0.25, -0.2) is 0 Å². The number of nitrogens with one attached hydrogen (secondary N) is 1. The first-order valence-electron chi connectivity index (χ1n) is 13.6. The number of fused-ring (bicyclic) bond motifs is 1. The van der Waals surface area contributed by atoms with Crippen LogP contribution < -0.4 is 24.4 Å². The van der Waals surface area contributed by atoms with Crippen LogP contribution in [0.2, 0.25) is 0 Å². The Hall–Kier alpha value is -3.30. The summed E-state index contributed by atoms with van der Waals surface area (Å²) in [5, 5.41) is 14.2. The molecule has 0 aliphatic carbocycles. The Morgan fingerprint density at radius 1 is 0.949 bits per heavy atom. The van der Waals surface area contributed by atoms with Crippen LogP contribution in [-0.2, 0) is 16.1 Å². The van der Waals surface area contributed by atoms with Crippen LogP contribution in [0.3, 0.4) is 0 Å². The van der Waals surface area contributed by atoms with Crippen molar-refractivity contribution in [3.63, 3.8) is 0 Å². The molecule has 2 aliphatic rings. The van der Waals surface area contributed by atoms with Crippen molar-refractivity contribution in [2.24, 2.45) is 0 Å². The molecule has 3 atom stereocenters. The van der Waals surface area contributed by atoms with Crippen LogP contribution >= 0.6 is 0 Å². The van der Waals surface area contributed by atoms with Gasteiger partial charge in [-0.1, -0.05) is 18.2 Å². The van der Waals surface area contributed by atoms with E-state index in [9.17, 15) is 5.11 Å². The lowest BCUT2D eigenvalue weighted by molar-refractivity contribution is -0.0328. The largest absolute Gasteiger partial charge is 0.497 e. The first-order chi connectivity index (χ1) is 19.1. The topological polar surface area (TPSA) is 81.7 Å². The van der Waals surface area contributed by atoms with E-state index in [-0.39, 0.29) is 12.0 Å². The highest BCUT2D eigenvalue weighted by Crippen LogP contribution is 2.34. The van der Waals surface area contributed by atoms with Crippen LogP contribution in [0, 0.1) is 0 Å². The molecule has 0 radical (unpaired) electrons. The number of hydrogen-bond acceptors (Lipinski definition) is 8. The smallest absolute Gasteiger partial charge is 0.142 e. The number of anilines is 1. The van der Waals surface area contributed by atoms with Gasteiger partial charge < -0.3 is 39.0 Å². The number of nitrogens with zero attached hydrogens (tertiary/aromatic N) is 1. The summed E-state index contributed by atoms with van der Waals surface area (Å²) in [6.45, 7) is 4.86. The van der Waals surface area contributed by atoms with Crippen LogP contribution in [0.15, 0.2) is 66.7 Å². The molecule has 3 aromatic carbocycles. The van der Waals surface area contributed by atoms with Crippen molar-refractivity contribution < 1.29 is 28.8 Å². The van der Waals surface area contributed by atoms with Crippen molar-refractivity contribution in [2.45, 2.75) is 31.2 Å². The van der Waals surface area contributed by atoms with Gasteiger partial charge in [-0.15, -0.1) is 0 Å². The fraction of sp³-hybridized carbons (Fsp3) is 0.419. The number of ether oxygens (including phenoxy) is 5. The highest BCUT2D eigenvalue weighted by atomic mass is 16.5. The lowest BCUT2D eigenvalue weighted by Crippen LogP contribution is -2.49. The second kappa shape index (κ2) is 13.2. The molecule has 1 saturated heterocycles. The normalized spacial score (nSPS) is 20.7. The first-order valence-corrected chi connectivity index (χ1v) is 13.6. The van der Waals surface area contributed by atoms with E-state index >= 15 is 0 Å². The minimum Gasteiger partial charge on any atom is -0.497 e. The lowest BCUT2D eigenvalue weighted by atomic mass is 9.85. The molecule has 0 unspecified atom stereocenters. The van der Waals surface area contributed by atoms with E-state index in [2.05, 4.69) is 22.3 Å². The van der Waals surface area contributed by atoms with Gasteiger partial charge in [0.15, 0.2) is 0 Å². The molecule has 8 nitrogen and oxygen atoms in total. The van der Waals surface area contributed by atoms with Crippen LogP contribution in [0.1, 0.15) is 23.5 Å². The summed E-state index contributed by atoms with van der Waals surface area (Å²) in [5.41, 5.74) is 3.21. The standard InChI is InChI=1S/C31H38N2O6/c1-35-16-3-14-33-15-17-37-29-13-4-22(18-27(29)33)21-38-30-20-32-19-28(34)31(30)23-5-7-25(8-6-23)39-26-11-9-24(36-2)10-12-26/h4-13,18,28,30-32,34H,3,14-17,19-21H2,1-2H3/t28-,30+,31+/m1/s1. The molecule has 1 fully saturated rings. The summed E-state index contributed by atoms with van der Waals surface area (Å²) in [7, 11) is 3.37. The number of methoxy groups -OCH3 is 2. The first kappa shape index (κ1) is 27.3. The zero-order valence-electron chi connectivity index (χ0n) is 22.7. The van der Waals surface area contributed by atoms with Crippen LogP contribution in [-0.4, -0.2) is 70.9 Å². The van der Waals surface area contributed by atoms with Gasteiger partial charge in [0, 0.05) is 39.3 Å². The summed E-state index contributed by atoms with van der Waals surface area (Å²) >= 11 is 0. The Morgan fingerprint density at radius 2 is 1.69 bits per heavy atom. The van der Waals surface area contributed by atoms with Crippen molar-refractivity contribution in [1.82, 2.24) is 5.32 Å². The average molecular weight is 535 g/mol. The van der Waals surface area contributed by atoms with Crippen molar-refractivity contribution in [3.8, 4) is 23.0 Å². The zero-order valence-corrected chi connectivity index (χ0v) is 22.7. The second-order valence-corrected chi connectivity index (χ2v) is 9.93. The Labute approximate surface area is 230 Å². The quantitative estimate of drug-likeness (QED) is 0.352. The SMILES string of the molecule is COCCCN1CCOc2ccc(CO[C@H]3CNC[C@@H](O)[C@@H]3c3ccc(Oc4ccc(OC)cc4)cc3)cc21. The van der Waals surface area contributed by atoms with Gasteiger partial charge >= 0.3 is 0 Å². The molecule has 0 aromatic heterocycles. The van der Waals surface area contributed by atoms with Crippen LogP contribution in [0.4, 0.5) is 5.69 Å². The molecule has 2 N–H and O–H groups in total. The highest BCUT2D eigenvalue weighted by molar-refractivity contribution is 5.61. The zero-order chi connectivity index (χ0) is 27.0. The van der Waals surface area contributed by atoms with E-state index in [1.165, 1.54) is 0 Å². The highest BCUT2D eigenvalue weighted by Gasteiger charge is 2.34. The van der Waals surface area contributed by atoms with E-state index in [4.69, 9.17) is 23.7 Å². The molecule has 0 spiro atoms. The Kier molecular flexibility index (Phi) is 9.21. The van der Waals surface area contributed by atoms with Crippen LogP contribution in [0.5, 0.6) is 23.0 Å². The van der Waals surface area contributed by atoms with E-state index in [0.29, 0.717) is 26.3 Å². The number of hydrogen-bond donors (Lipinski definition) is 2. The monoisotopic (exact) mass is 534 g/mol. The Bertz CT molecular complexity index is 1190. The van der Waals surface area contributed by atoms with Gasteiger partial charge in [0.1, 0.15) is 29.6 Å². The molecule has 208 valence electrons. The maximum absolute atomic E-state index is 10.9. The molecule has 0 amide bonds. The fourth-order valence-electron chi connectivity index (χ4n) is 5.26. The molecule has 8 heteroatoms. The van der Waals surface area contributed by atoms with E-state index in [1.807, 2.05) is 54.6 Å². The number of benzene rings is 3. The molecule has 0 bridgehead atoms. The number of aliphatic hydroxyl groups is 1. The number of piperidine rings is 1. The predicted molar refractivity (Wildman–Crippen MR) is 150 cm³/mol. The third kappa shape index (κ3) is 6.83. The minimum absolute atomic E-state index is 0.146. The molecule has 5 rings (SSSR count).